The van der Waals surface area contributed by atoms with Gasteiger partial charge < -0.3 is 4.90 Å². The molecule has 0 radical (unpaired) electrons. The third-order valence-electron chi connectivity index (χ3n) is 4.43. The van der Waals surface area contributed by atoms with Crippen LogP contribution < -0.4 is 0 Å². The minimum Gasteiger partial charge on any atom is -0.341 e. The summed E-state index contributed by atoms with van der Waals surface area (Å²) in [6, 6.07) is 9.97. The zero-order valence-electron chi connectivity index (χ0n) is 14.5. The van der Waals surface area contributed by atoms with Crippen LogP contribution in [0.15, 0.2) is 30.3 Å². The minimum absolute atomic E-state index is 0.117. The molecule has 1 fully saturated rings. The summed E-state index contributed by atoms with van der Waals surface area (Å²) in [5.41, 5.74) is 1.16. The van der Waals surface area contributed by atoms with Crippen LogP contribution in [0, 0.1) is 0 Å². The molecule has 0 spiro atoms. The van der Waals surface area contributed by atoms with Crippen molar-refractivity contribution in [3.63, 3.8) is 0 Å². The predicted octanol–water partition coefficient (Wildman–Crippen LogP) is 2.28. The topological polar surface area (TPSA) is 57.7 Å². The summed E-state index contributed by atoms with van der Waals surface area (Å²) in [6.45, 7) is 4.08. The van der Waals surface area contributed by atoms with Crippen LogP contribution in [0.25, 0.3) is 0 Å². The smallest absolute Gasteiger partial charge is 0.222 e. The number of unbranched alkanes of at least 4 members (excludes halogenated alkanes) is 1. The molecule has 2 rings (SSSR count). The molecule has 24 heavy (non-hydrogen) atoms. The van der Waals surface area contributed by atoms with Crippen LogP contribution in [0.1, 0.15) is 38.2 Å². The Labute approximate surface area is 145 Å². The van der Waals surface area contributed by atoms with E-state index < -0.39 is 10.0 Å². The molecule has 6 heteroatoms. The highest BCUT2D eigenvalue weighted by molar-refractivity contribution is 7.89. The van der Waals surface area contributed by atoms with Crippen LogP contribution in [-0.2, 0) is 21.2 Å². The fourth-order valence-electron chi connectivity index (χ4n) is 2.93. The molecule has 1 aliphatic rings. The molecule has 0 atom stereocenters. The lowest BCUT2D eigenvalue weighted by molar-refractivity contribution is -0.131. The fraction of sp³-hybridized carbons (Fsp3) is 0.611. The van der Waals surface area contributed by atoms with E-state index in [9.17, 15) is 13.2 Å². The molecule has 0 unspecified atom stereocenters. The number of hydrogen-bond donors (Lipinski definition) is 0. The van der Waals surface area contributed by atoms with Gasteiger partial charge in [0.15, 0.2) is 0 Å². The van der Waals surface area contributed by atoms with Crippen LogP contribution in [0.3, 0.4) is 0 Å². The van der Waals surface area contributed by atoms with Crippen molar-refractivity contribution >= 4 is 15.9 Å². The minimum atomic E-state index is -3.18. The second-order valence-electron chi connectivity index (χ2n) is 6.29. The van der Waals surface area contributed by atoms with Crippen molar-refractivity contribution in [2.24, 2.45) is 0 Å². The van der Waals surface area contributed by atoms with E-state index in [-0.39, 0.29) is 11.7 Å². The lowest BCUT2D eigenvalue weighted by Gasteiger charge is -2.22. The Morgan fingerprint density at radius 1 is 1.08 bits per heavy atom. The Morgan fingerprint density at radius 2 is 1.83 bits per heavy atom. The third kappa shape index (κ3) is 5.60. The normalized spacial score (nSPS) is 16.8. The van der Waals surface area contributed by atoms with Crippen LogP contribution in [0.5, 0.6) is 0 Å². The fourth-order valence-corrected chi connectivity index (χ4v) is 4.61. The molecule has 1 heterocycles. The van der Waals surface area contributed by atoms with Crippen molar-refractivity contribution in [2.75, 3.05) is 31.9 Å². The summed E-state index contributed by atoms with van der Waals surface area (Å²) < 4.78 is 26.2. The van der Waals surface area contributed by atoms with E-state index in [0.29, 0.717) is 45.4 Å². The van der Waals surface area contributed by atoms with E-state index >= 15 is 0 Å². The number of aryl methyl sites for hydroxylation is 1. The van der Waals surface area contributed by atoms with Crippen molar-refractivity contribution in [3.8, 4) is 0 Å². The highest BCUT2D eigenvalue weighted by Crippen LogP contribution is 2.12. The molecule has 1 aliphatic heterocycles. The highest BCUT2D eigenvalue weighted by atomic mass is 32.2. The first-order chi connectivity index (χ1) is 11.5. The summed E-state index contributed by atoms with van der Waals surface area (Å²) in [6.07, 6.45) is 3.49. The maximum absolute atomic E-state index is 12.4. The molecule has 1 amide bonds. The molecule has 0 N–H and O–H groups in total. The summed E-state index contributed by atoms with van der Waals surface area (Å²) in [5, 5.41) is 0. The van der Waals surface area contributed by atoms with Crippen molar-refractivity contribution in [3.05, 3.63) is 35.9 Å². The second-order valence-corrected chi connectivity index (χ2v) is 8.38. The molecule has 0 aliphatic carbocycles. The van der Waals surface area contributed by atoms with Gasteiger partial charge in [-0.25, -0.2) is 12.7 Å². The molecular weight excluding hydrogens is 324 g/mol. The van der Waals surface area contributed by atoms with E-state index in [2.05, 4.69) is 0 Å². The van der Waals surface area contributed by atoms with E-state index in [4.69, 9.17) is 0 Å². The summed E-state index contributed by atoms with van der Waals surface area (Å²) in [5.74, 6) is 0.331. The van der Waals surface area contributed by atoms with Gasteiger partial charge in [0.05, 0.1) is 5.75 Å². The molecule has 1 saturated heterocycles. The molecule has 134 valence electrons. The van der Waals surface area contributed by atoms with Crippen molar-refractivity contribution in [2.45, 2.75) is 39.0 Å². The third-order valence-corrected chi connectivity index (χ3v) is 6.38. The van der Waals surface area contributed by atoms with Crippen molar-refractivity contribution in [1.29, 1.82) is 0 Å². The van der Waals surface area contributed by atoms with Gasteiger partial charge in [0, 0.05) is 32.6 Å². The second kappa shape index (κ2) is 9.18. The van der Waals surface area contributed by atoms with Gasteiger partial charge in [-0.1, -0.05) is 43.7 Å². The Balaban J connectivity index is 1.85. The van der Waals surface area contributed by atoms with Gasteiger partial charge in [-0.3, -0.25) is 4.79 Å². The number of rotatable bonds is 7. The first-order valence-corrected chi connectivity index (χ1v) is 10.4. The van der Waals surface area contributed by atoms with Gasteiger partial charge in [-0.05, 0) is 24.8 Å². The van der Waals surface area contributed by atoms with Gasteiger partial charge in [0.25, 0.3) is 0 Å². The van der Waals surface area contributed by atoms with Crippen LogP contribution in [0.2, 0.25) is 0 Å². The maximum Gasteiger partial charge on any atom is 0.222 e. The SMILES string of the molecule is CCCCS(=O)(=O)N1CCCN(C(=O)CCc2ccccc2)CC1. The molecular formula is C18H28N2O3S. The Bertz CT molecular complexity index is 616. The summed E-state index contributed by atoms with van der Waals surface area (Å²) in [4.78, 5) is 14.2. The number of carbonyl (C=O) groups is 1. The molecule has 1 aromatic carbocycles. The Hall–Kier alpha value is -1.40. The average Bonchev–Trinajstić information content (AvgIpc) is 2.85. The molecule has 0 bridgehead atoms. The number of amides is 1. The lowest BCUT2D eigenvalue weighted by Crippen LogP contribution is -2.38. The number of hydrogen-bond acceptors (Lipinski definition) is 3. The van der Waals surface area contributed by atoms with Gasteiger partial charge in [0.2, 0.25) is 15.9 Å². The highest BCUT2D eigenvalue weighted by Gasteiger charge is 2.26. The number of benzene rings is 1. The van der Waals surface area contributed by atoms with Gasteiger partial charge in [-0.2, -0.15) is 0 Å². The van der Waals surface area contributed by atoms with Crippen LogP contribution in [0.4, 0.5) is 0 Å². The number of carbonyl (C=O) groups excluding carboxylic acids is 1. The largest absolute Gasteiger partial charge is 0.341 e. The zero-order chi connectivity index (χ0) is 17.4. The molecule has 5 nitrogen and oxygen atoms in total. The number of nitrogens with zero attached hydrogens (tertiary/aromatic N) is 2. The van der Waals surface area contributed by atoms with Crippen LogP contribution in [-0.4, -0.2) is 55.5 Å². The standard InChI is InChI=1S/C18H28N2O3S/c1-2-3-16-24(22,23)20-13-7-12-19(14-15-20)18(21)11-10-17-8-5-4-6-9-17/h4-6,8-9H,2-3,7,10-16H2,1H3. The summed E-state index contributed by atoms with van der Waals surface area (Å²) >= 11 is 0. The van der Waals surface area contributed by atoms with E-state index in [1.54, 1.807) is 4.31 Å². The molecule has 0 aromatic heterocycles. The monoisotopic (exact) mass is 352 g/mol. The van der Waals surface area contributed by atoms with E-state index in [1.807, 2.05) is 42.2 Å². The Morgan fingerprint density at radius 3 is 2.54 bits per heavy atom. The van der Waals surface area contributed by atoms with Crippen LogP contribution >= 0.6 is 0 Å². The van der Waals surface area contributed by atoms with Crippen molar-refractivity contribution < 1.29 is 13.2 Å². The van der Waals surface area contributed by atoms with Crippen molar-refractivity contribution in [1.82, 2.24) is 9.21 Å². The first kappa shape index (κ1) is 18.9. The molecule has 0 saturated carbocycles. The van der Waals surface area contributed by atoms with E-state index in [0.717, 1.165) is 18.4 Å². The average molecular weight is 353 g/mol. The first-order valence-electron chi connectivity index (χ1n) is 8.82. The van der Waals surface area contributed by atoms with Gasteiger partial charge >= 0.3 is 0 Å². The predicted molar refractivity (Wildman–Crippen MR) is 96.2 cm³/mol. The lowest BCUT2D eigenvalue weighted by atomic mass is 10.1. The zero-order valence-corrected chi connectivity index (χ0v) is 15.3. The maximum atomic E-state index is 12.4. The van der Waals surface area contributed by atoms with Gasteiger partial charge in [-0.15, -0.1) is 0 Å². The molecule has 1 aromatic rings. The Kier molecular flexibility index (Phi) is 7.24. The van der Waals surface area contributed by atoms with E-state index in [1.165, 1.54) is 0 Å². The summed E-state index contributed by atoms with van der Waals surface area (Å²) in [7, 11) is -3.18. The quantitative estimate of drug-likeness (QED) is 0.756. The van der Waals surface area contributed by atoms with Gasteiger partial charge in [0.1, 0.15) is 0 Å². The number of sulfonamides is 1.